The number of nitrogens with zero attached hydrogens (tertiary/aromatic N) is 3. The minimum Gasteiger partial charge on any atom is -0.496 e. The molecule has 154 valence electrons. The van der Waals surface area contributed by atoms with Gasteiger partial charge in [-0.3, -0.25) is 9.89 Å². The molecule has 1 aliphatic rings. The lowest BCUT2D eigenvalue weighted by molar-refractivity contribution is 0.123. The highest BCUT2D eigenvalue weighted by atomic mass is 127. The second kappa shape index (κ2) is 13.2. The Bertz CT molecular complexity index is 567. The van der Waals surface area contributed by atoms with E-state index in [9.17, 15) is 0 Å². The van der Waals surface area contributed by atoms with Crippen molar-refractivity contribution in [3.8, 4) is 5.75 Å². The molecule has 0 aliphatic carbocycles. The molecule has 6 nitrogen and oxygen atoms in total. The van der Waals surface area contributed by atoms with Gasteiger partial charge in [0.15, 0.2) is 5.96 Å². The number of hydrogen-bond acceptors (Lipinski definition) is 4. The second-order valence-corrected chi connectivity index (χ2v) is 6.45. The van der Waals surface area contributed by atoms with Crippen molar-refractivity contribution in [2.45, 2.75) is 32.9 Å². The summed E-state index contributed by atoms with van der Waals surface area (Å²) >= 11 is 0. The van der Waals surface area contributed by atoms with E-state index in [0.29, 0.717) is 19.3 Å². The van der Waals surface area contributed by atoms with Gasteiger partial charge in [-0.1, -0.05) is 32.0 Å². The van der Waals surface area contributed by atoms with E-state index >= 15 is 0 Å². The standard InChI is InChI=1S/C20H34N4O2.HI/c1-5-23(6-2)18-11-13-24(15-18)20(21-3)22-12-14-26-16-17-9-7-8-10-19(17)25-4;/h7-10,18H,5-6,11-16H2,1-4H3,(H,21,22);1H. The van der Waals surface area contributed by atoms with Gasteiger partial charge < -0.3 is 19.7 Å². The van der Waals surface area contributed by atoms with Gasteiger partial charge in [-0.25, -0.2) is 0 Å². The van der Waals surface area contributed by atoms with Crippen molar-refractivity contribution in [1.82, 2.24) is 15.1 Å². The molecule has 1 atom stereocenters. The number of benzene rings is 1. The number of likely N-dealkylation sites (tertiary alicyclic amines) is 1. The van der Waals surface area contributed by atoms with Gasteiger partial charge in [-0.2, -0.15) is 0 Å². The number of hydrogen-bond donors (Lipinski definition) is 1. The lowest BCUT2D eigenvalue weighted by Gasteiger charge is -2.27. The highest BCUT2D eigenvalue weighted by molar-refractivity contribution is 14.0. The molecule has 1 aliphatic heterocycles. The zero-order valence-electron chi connectivity index (χ0n) is 17.1. The summed E-state index contributed by atoms with van der Waals surface area (Å²) in [6.07, 6.45) is 1.20. The average molecular weight is 490 g/mol. The molecule has 27 heavy (non-hydrogen) atoms. The van der Waals surface area contributed by atoms with Crippen molar-refractivity contribution < 1.29 is 9.47 Å². The molecule has 1 heterocycles. The Hall–Kier alpha value is -1.06. The molecule has 0 saturated carbocycles. The fourth-order valence-corrected chi connectivity index (χ4v) is 3.54. The lowest BCUT2D eigenvalue weighted by Crippen LogP contribution is -2.44. The number of methoxy groups -OCH3 is 1. The van der Waals surface area contributed by atoms with Crippen LogP contribution in [0.25, 0.3) is 0 Å². The first-order valence-corrected chi connectivity index (χ1v) is 9.62. The second-order valence-electron chi connectivity index (χ2n) is 6.45. The number of rotatable bonds is 9. The van der Waals surface area contributed by atoms with Crippen molar-refractivity contribution in [3.63, 3.8) is 0 Å². The minimum atomic E-state index is 0. The van der Waals surface area contributed by atoms with E-state index in [0.717, 1.165) is 50.0 Å². The molecule has 0 aromatic heterocycles. The van der Waals surface area contributed by atoms with Gasteiger partial charge in [0, 0.05) is 38.3 Å². The van der Waals surface area contributed by atoms with Gasteiger partial charge in [0.2, 0.25) is 0 Å². The SMILES string of the molecule is CCN(CC)C1CCN(C(=NC)NCCOCc2ccccc2OC)C1.I. The molecule has 1 unspecified atom stereocenters. The van der Waals surface area contributed by atoms with Crippen LogP contribution in [0.3, 0.4) is 0 Å². The first-order valence-electron chi connectivity index (χ1n) is 9.62. The molecule has 0 amide bonds. The summed E-state index contributed by atoms with van der Waals surface area (Å²) in [7, 11) is 3.54. The third-order valence-corrected chi connectivity index (χ3v) is 4.98. The Morgan fingerprint density at radius 1 is 1.30 bits per heavy atom. The van der Waals surface area contributed by atoms with Crippen molar-refractivity contribution in [2.24, 2.45) is 4.99 Å². The van der Waals surface area contributed by atoms with Crippen molar-refractivity contribution >= 4 is 29.9 Å². The van der Waals surface area contributed by atoms with Crippen LogP contribution in [-0.2, 0) is 11.3 Å². The van der Waals surface area contributed by atoms with Crippen LogP contribution in [0.15, 0.2) is 29.3 Å². The smallest absolute Gasteiger partial charge is 0.193 e. The molecule has 1 aromatic rings. The Morgan fingerprint density at radius 3 is 2.70 bits per heavy atom. The van der Waals surface area contributed by atoms with Crippen molar-refractivity contribution in [3.05, 3.63) is 29.8 Å². The van der Waals surface area contributed by atoms with E-state index in [-0.39, 0.29) is 24.0 Å². The van der Waals surface area contributed by atoms with Gasteiger partial charge in [-0.15, -0.1) is 24.0 Å². The maximum absolute atomic E-state index is 5.79. The minimum absolute atomic E-state index is 0. The molecule has 1 aromatic carbocycles. The first-order chi connectivity index (χ1) is 12.7. The van der Waals surface area contributed by atoms with Gasteiger partial charge in [0.1, 0.15) is 5.75 Å². The van der Waals surface area contributed by atoms with Crippen LogP contribution in [0.4, 0.5) is 0 Å². The lowest BCUT2D eigenvalue weighted by atomic mass is 10.2. The van der Waals surface area contributed by atoms with E-state index in [4.69, 9.17) is 9.47 Å². The monoisotopic (exact) mass is 490 g/mol. The number of para-hydroxylation sites is 1. The quantitative estimate of drug-likeness (QED) is 0.250. The summed E-state index contributed by atoms with van der Waals surface area (Å²) in [6, 6.07) is 8.59. The maximum Gasteiger partial charge on any atom is 0.193 e. The highest BCUT2D eigenvalue weighted by Crippen LogP contribution is 2.18. The van der Waals surface area contributed by atoms with E-state index in [2.05, 4.69) is 34.0 Å². The first kappa shape index (κ1) is 24.0. The zero-order valence-corrected chi connectivity index (χ0v) is 19.4. The van der Waals surface area contributed by atoms with E-state index < -0.39 is 0 Å². The van der Waals surface area contributed by atoms with Gasteiger partial charge >= 0.3 is 0 Å². The number of nitrogens with one attached hydrogen (secondary N) is 1. The fraction of sp³-hybridized carbons (Fsp3) is 0.650. The van der Waals surface area contributed by atoms with Gasteiger partial charge in [-0.05, 0) is 25.6 Å². The molecule has 0 bridgehead atoms. The van der Waals surface area contributed by atoms with Crippen molar-refractivity contribution in [2.75, 3.05) is 53.5 Å². The maximum atomic E-state index is 5.79. The topological polar surface area (TPSA) is 49.3 Å². The predicted molar refractivity (Wildman–Crippen MR) is 122 cm³/mol. The molecular weight excluding hydrogens is 455 g/mol. The number of ether oxygens (including phenoxy) is 2. The van der Waals surface area contributed by atoms with Crippen LogP contribution in [0.5, 0.6) is 5.75 Å². The summed E-state index contributed by atoms with van der Waals surface area (Å²) < 4.78 is 11.1. The summed E-state index contributed by atoms with van der Waals surface area (Å²) in [6.45, 7) is 10.7. The molecule has 2 rings (SSSR count). The molecule has 0 spiro atoms. The Labute approximate surface area is 181 Å². The fourth-order valence-electron chi connectivity index (χ4n) is 3.54. The Balaban J connectivity index is 0.00000364. The van der Waals surface area contributed by atoms with E-state index in [1.807, 2.05) is 31.3 Å². The van der Waals surface area contributed by atoms with Crippen LogP contribution in [0.2, 0.25) is 0 Å². The number of likely N-dealkylation sites (N-methyl/N-ethyl adjacent to an activating group) is 1. The van der Waals surface area contributed by atoms with Crippen LogP contribution in [0.1, 0.15) is 25.8 Å². The summed E-state index contributed by atoms with van der Waals surface area (Å²) in [5, 5.41) is 3.42. The van der Waals surface area contributed by atoms with Gasteiger partial charge in [0.05, 0.1) is 20.3 Å². The Morgan fingerprint density at radius 2 is 2.04 bits per heavy atom. The highest BCUT2D eigenvalue weighted by Gasteiger charge is 2.27. The van der Waals surface area contributed by atoms with Crippen LogP contribution < -0.4 is 10.1 Å². The summed E-state index contributed by atoms with van der Waals surface area (Å²) in [5.74, 6) is 1.84. The predicted octanol–water partition coefficient (Wildman–Crippen LogP) is 2.82. The van der Waals surface area contributed by atoms with Crippen LogP contribution in [-0.4, -0.2) is 75.3 Å². The average Bonchev–Trinajstić information content (AvgIpc) is 3.15. The summed E-state index contributed by atoms with van der Waals surface area (Å²) in [5.41, 5.74) is 1.07. The normalized spacial score (nSPS) is 17.1. The largest absolute Gasteiger partial charge is 0.496 e. The van der Waals surface area contributed by atoms with Crippen molar-refractivity contribution in [1.29, 1.82) is 0 Å². The number of aliphatic imine (C=N–C) groups is 1. The summed E-state index contributed by atoms with van der Waals surface area (Å²) in [4.78, 5) is 9.32. The zero-order chi connectivity index (χ0) is 18.8. The molecule has 1 fully saturated rings. The molecular formula is C20H35IN4O2. The third-order valence-electron chi connectivity index (χ3n) is 4.98. The molecule has 0 radical (unpaired) electrons. The number of guanidine groups is 1. The molecule has 7 heteroatoms. The van der Waals surface area contributed by atoms with E-state index in [1.165, 1.54) is 6.42 Å². The van der Waals surface area contributed by atoms with E-state index in [1.54, 1.807) is 7.11 Å². The number of halogens is 1. The third kappa shape index (κ3) is 7.12. The van der Waals surface area contributed by atoms with Gasteiger partial charge in [0.25, 0.3) is 0 Å². The van der Waals surface area contributed by atoms with Crippen LogP contribution in [0, 0.1) is 0 Å². The molecule has 1 saturated heterocycles. The molecule has 1 N–H and O–H groups in total. The van der Waals surface area contributed by atoms with Crippen LogP contribution >= 0.6 is 24.0 Å². The Kier molecular flexibility index (Phi) is 11.7.